The highest BCUT2D eigenvalue weighted by Crippen LogP contribution is 2.36. The van der Waals surface area contributed by atoms with E-state index in [-0.39, 0.29) is 0 Å². The molecule has 0 fully saturated rings. The number of ketones is 1. The minimum absolute atomic E-state index is 0.497. The molecule has 0 aliphatic carbocycles. The molecule has 0 aromatic rings. The Kier molecular flexibility index (Phi) is 4.78. The lowest BCUT2D eigenvalue weighted by Crippen LogP contribution is -2.46. The molecule has 0 aliphatic rings. The van der Waals surface area contributed by atoms with Gasteiger partial charge in [0.05, 0.1) is 6.10 Å². The van der Waals surface area contributed by atoms with E-state index in [1.165, 1.54) is 0 Å². The summed E-state index contributed by atoms with van der Waals surface area (Å²) >= 11 is 0. The molecule has 0 saturated carbocycles. The summed E-state index contributed by atoms with van der Waals surface area (Å²) in [5.74, 6) is -0.546. The van der Waals surface area contributed by atoms with Gasteiger partial charge in [-0.3, -0.25) is 4.79 Å². The maximum Gasteiger partial charge on any atom is 0.423 e. The second-order valence-corrected chi connectivity index (χ2v) is 3.32. The van der Waals surface area contributed by atoms with Crippen LogP contribution in [-0.4, -0.2) is 30.3 Å². The third-order valence-corrected chi connectivity index (χ3v) is 1.54. The van der Waals surface area contributed by atoms with Crippen LogP contribution in [0.5, 0.6) is 0 Å². The van der Waals surface area contributed by atoms with Crippen molar-refractivity contribution in [3.8, 4) is 0 Å². The zero-order valence-corrected chi connectivity index (χ0v) is 8.45. The Morgan fingerprint density at radius 2 is 1.50 bits per heavy atom. The van der Waals surface area contributed by atoms with Crippen LogP contribution in [0.1, 0.15) is 20.3 Å². The molecule has 1 atom stereocenters. The molecule has 0 aromatic carbocycles. The van der Waals surface area contributed by atoms with Crippen molar-refractivity contribution in [2.45, 2.75) is 44.8 Å². The number of carbonyl (C=O) groups is 1. The molecule has 0 saturated heterocycles. The lowest BCUT2D eigenvalue weighted by atomic mass is 10.2. The zero-order valence-electron chi connectivity index (χ0n) is 8.45. The van der Waals surface area contributed by atoms with Gasteiger partial charge in [0.2, 0.25) is 6.10 Å². The summed E-state index contributed by atoms with van der Waals surface area (Å²) < 4.78 is 75.7. The number of rotatable bonds is 4. The van der Waals surface area contributed by atoms with Crippen LogP contribution in [0, 0.1) is 0 Å². The Labute approximate surface area is 87.6 Å². The predicted octanol–water partition coefficient (Wildman–Crippen LogP) is 2.86. The molecule has 0 heterocycles. The summed E-state index contributed by atoms with van der Waals surface area (Å²) in [5.41, 5.74) is 0. The van der Waals surface area contributed by atoms with E-state index in [9.17, 15) is 31.1 Å². The second kappa shape index (κ2) is 5.03. The highest BCUT2D eigenvalue weighted by molar-refractivity contribution is 5.75. The summed E-state index contributed by atoms with van der Waals surface area (Å²) in [6.45, 7) is 2.03. The number of halogens is 6. The lowest BCUT2D eigenvalue weighted by Gasteiger charge is -2.25. The van der Waals surface area contributed by atoms with Crippen LogP contribution in [0.15, 0.2) is 0 Å². The van der Waals surface area contributed by atoms with E-state index in [2.05, 4.69) is 4.74 Å². The van der Waals surface area contributed by atoms with Gasteiger partial charge in [-0.25, -0.2) is 0 Å². The van der Waals surface area contributed by atoms with Gasteiger partial charge >= 0.3 is 12.4 Å². The number of Topliss-reactive ketones (excluding diaryl/α,β-unsaturated/α-hetero) is 1. The predicted molar refractivity (Wildman–Crippen MR) is 41.7 cm³/mol. The first-order valence-electron chi connectivity index (χ1n) is 4.23. The van der Waals surface area contributed by atoms with Gasteiger partial charge in [-0.1, -0.05) is 0 Å². The van der Waals surface area contributed by atoms with Crippen LogP contribution in [0.3, 0.4) is 0 Å². The fourth-order valence-corrected chi connectivity index (χ4v) is 1.03. The Morgan fingerprint density at radius 3 is 1.75 bits per heavy atom. The van der Waals surface area contributed by atoms with Gasteiger partial charge in [0.15, 0.2) is 0 Å². The molecule has 0 amide bonds. The van der Waals surface area contributed by atoms with Crippen molar-refractivity contribution >= 4 is 5.78 Å². The molecule has 0 rings (SSSR count). The van der Waals surface area contributed by atoms with Crippen molar-refractivity contribution in [3.63, 3.8) is 0 Å². The first-order chi connectivity index (χ1) is 6.94. The molecule has 1 unspecified atom stereocenters. The summed E-state index contributed by atoms with van der Waals surface area (Å²) in [7, 11) is 0. The van der Waals surface area contributed by atoms with Gasteiger partial charge in [0.25, 0.3) is 0 Å². The van der Waals surface area contributed by atoms with Gasteiger partial charge < -0.3 is 4.74 Å². The summed E-state index contributed by atoms with van der Waals surface area (Å²) in [6, 6.07) is 0. The van der Waals surface area contributed by atoms with Crippen molar-refractivity contribution in [3.05, 3.63) is 0 Å². The summed E-state index contributed by atoms with van der Waals surface area (Å²) in [6.07, 6.45) is -16.9. The minimum Gasteiger partial charge on any atom is -0.357 e. The molecular formula is C8H10F6O2. The van der Waals surface area contributed by atoms with Crippen LogP contribution in [0.4, 0.5) is 26.3 Å². The standard InChI is InChI=1S/C8H10F6O2/c1-4(15)3-5(2)16-6(7(9,10)11)8(12,13)14/h5-6H,3H2,1-2H3. The second-order valence-electron chi connectivity index (χ2n) is 3.32. The van der Waals surface area contributed by atoms with Gasteiger partial charge in [0.1, 0.15) is 5.78 Å². The van der Waals surface area contributed by atoms with Gasteiger partial charge in [-0.2, -0.15) is 26.3 Å². The molecule has 16 heavy (non-hydrogen) atoms. The molecule has 96 valence electrons. The highest BCUT2D eigenvalue weighted by Gasteiger charge is 2.58. The Bertz CT molecular complexity index is 230. The quantitative estimate of drug-likeness (QED) is 0.719. The first-order valence-corrected chi connectivity index (χ1v) is 4.23. The zero-order chi connectivity index (χ0) is 13.1. The van der Waals surface area contributed by atoms with E-state index in [1.807, 2.05) is 0 Å². The fraction of sp³-hybridized carbons (Fsp3) is 0.875. The highest BCUT2D eigenvalue weighted by atomic mass is 19.4. The number of hydrogen-bond donors (Lipinski definition) is 0. The van der Waals surface area contributed by atoms with E-state index in [1.54, 1.807) is 0 Å². The summed E-state index contributed by atoms with van der Waals surface area (Å²) in [4.78, 5) is 10.5. The topological polar surface area (TPSA) is 26.3 Å². The maximum atomic E-state index is 12.0. The average Bonchev–Trinajstić information content (AvgIpc) is 1.94. The number of ether oxygens (including phenoxy) is 1. The van der Waals surface area contributed by atoms with Crippen molar-refractivity contribution in [2.24, 2.45) is 0 Å². The van der Waals surface area contributed by atoms with Crippen LogP contribution >= 0.6 is 0 Å². The molecular weight excluding hydrogens is 242 g/mol. The Morgan fingerprint density at radius 1 is 1.12 bits per heavy atom. The normalized spacial score (nSPS) is 15.3. The maximum absolute atomic E-state index is 12.0. The first kappa shape index (κ1) is 15.2. The monoisotopic (exact) mass is 252 g/mol. The minimum atomic E-state index is -5.54. The van der Waals surface area contributed by atoms with Gasteiger partial charge in [0, 0.05) is 6.42 Å². The van der Waals surface area contributed by atoms with E-state index in [0.29, 0.717) is 0 Å². The average molecular weight is 252 g/mol. The Balaban J connectivity index is 4.64. The number of carbonyl (C=O) groups excluding carboxylic acids is 1. The molecule has 0 spiro atoms. The molecule has 0 aromatic heterocycles. The lowest BCUT2D eigenvalue weighted by molar-refractivity contribution is -0.329. The number of alkyl halides is 6. The van der Waals surface area contributed by atoms with Crippen molar-refractivity contribution < 1.29 is 35.9 Å². The molecule has 0 radical (unpaired) electrons. The summed E-state index contributed by atoms with van der Waals surface area (Å²) in [5, 5.41) is 0. The smallest absolute Gasteiger partial charge is 0.357 e. The van der Waals surface area contributed by atoms with Crippen molar-refractivity contribution in [1.29, 1.82) is 0 Å². The molecule has 0 bridgehead atoms. The fourth-order valence-electron chi connectivity index (χ4n) is 1.03. The largest absolute Gasteiger partial charge is 0.423 e. The van der Waals surface area contributed by atoms with E-state index < -0.39 is 36.8 Å². The number of hydrogen-bond acceptors (Lipinski definition) is 2. The molecule has 0 N–H and O–H groups in total. The molecule has 0 aliphatic heterocycles. The third-order valence-electron chi connectivity index (χ3n) is 1.54. The van der Waals surface area contributed by atoms with Crippen molar-refractivity contribution in [2.75, 3.05) is 0 Å². The van der Waals surface area contributed by atoms with Crippen LogP contribution in [0.2, 0.25) is 0 Å². The van der Waals surface area contributed by atoms with E-state index in [4.69, 9.17) is 0 Å². The van der Waals surface area contributed by atoms with Crippen LogP contribution in [0.25, 0.3) is 0 Å². The third kappa shape index (κ3) is 5.34. The molecule has 2 nitrogen and oxygen atoms in total. The van der Waals surface area contributed by atoms with Gasteiger partial charge in [-0.15, -0.1) is 0 Å². The van der Waals surface area contributed by atoms with Crippen molar-refractivity contribution in [1.82, 2.24) is 0 Å². The van der Waals surface area contributed by atoms with Crippen LogP contribution < -0.4 is 0 Å². The molecule has 8 heteroatoms. The van der Waals surface area contributed by atoms with Crippen LogP contribution in [-0.2, 0) is 9.53 Å². The SMILES string of the molecule is CC(=O)CC(C)OC(C(F)(F)F)C(F)(F)F. The van der Waals surface area contributed by atoms with Gasteiger partial charge in [-0.05, 0) is 13.8 Å². The van der Waals surface area contributed by atoms with E-state index in [0.717, 1.165) is 13.8 Å². The van der Waals surface area contributed by atoms with E-state index >= 15 is 0 Å². The Hall–Kier alpha value is -0.790.